The molecule has 3 aromatic carbocycles. The van der Waals surface area contributed by atoms with Crippen LogP contribution in [0.4, 0.5) is 10.1 Å². The van der Waals surface area contributed by atoms with E-state index in [1.165, 1.54) is 17.0 Å². The molecule has 2 aliphatic heterocycles. The van der Waals surface area contributed by atoms with Crippen LogP contribution in [0.15, 0.2) is 54.6 Å². The summed E-state index contributed by atoms with van der Waals surface area (Å²) in [4.78, 5) is 42.9. The Morgan fingerprint density at radius 3 is 2.37 bits per heavy atom. The van der Waals surface area contributed by atoms with Crippen molar-refractivity contribution >= 4 is 46.6 Å². The van der Waals surface area contributed by atoms with Crippen LogP contribution >= 0.6 is 23.2 Å². The number of fused-ring (bicyclic) bond motifs is 2. The topological polar surface area (TPSA) is 87.7 Å². The van der Waals surface area contributed by atoms with E-state index in [4.69, 9.17) is 27.9 Å². The predicted octanol–water partition coefficient (Wildman–Crippen LogP) is 6.70. The molecule has 2 heterocycles. The average Bonchev–Trinajstić information content (AvgIpc) is 3.25. The van der Waals surface area contributed by atoms with Crippen molar-refractivity contribution < 1.29 is 23.5 Å². The largest absolute Gasteiger partial charge is 0.477 e. The van der Waals surface area contributed by atoms with E-state index in [1.54, 1.807) is 56.6 Å². The third-order valence-corrected chi connectivity index (χ3v) is 9.36. The molecule has 2 aliphatic rings. The maximum absolute atomic E-state index is 14.8. The number of piperidine rings is 1. The van der Waals surface area contributed by atoms with Crippen molar-refractivity contribution in [2.75, 3.05) is 19.4 Å². The molecule has 2 N–H and O–H groups in total. The number of benzene rings is 3. The third kappa shape index (κ3) is 5.04. The zero-order valence-corrected chi connectivity index (χ0v) is 26.2. The molecule has 226 valence electrons. The van der Waals surface area contributed by atoms with Crippen LogP contribution in [0.5, 0.6) is 5.75 Å². The van der Waals surface area contributed by atoms with Gasteiger partial charge in [0, 0.05) is 47.7 Å². The molecule has 0 aromatic heterocycles. The molecule has 0 aliphatic carbocycles. The number of hydrogen-bond acceptors (Lipinski definition) is 4. The highest BCUT2D eigenvalue weighted by Gasteiger charge is 2.62. The molecule has 5 rings (SSSR count). The van der Waals surface area contributed by atoms with Gasteiger partial charge < -0.3 is 20.3 Å². The molecule has 0 radical (unpaired) electrons. The first-order valence-corrected chi connectivity index (χ1v) is 15.0. The Morgan fingerprint density at radius 1 is 1.02 bits per heavy atom. The lowest BCUT2D eigenvalue weighted by molar-refractivity contribution is -0.146. The van der Waals surface area contributed by atoms with Crippen molar-refractivity contribution in [3.05, 3.63) is 92.7 Å². The second kappa shape index (κ2) is 11.5. The van der Waals surface area contributed by atoms with E-state index in [0.29, 0.717) is 56.6 Å². The maximum atomic E-state index is 14.8. The summed E-state index contributed by atoms with van der Waals surface area (Å²) in [5.41, 5.74) is 0.142. The van der Waals surface area contributed by atoms with E-state index in [2.05, 4.69) is 10.6 Å². The molecule has 1 saturated heterocycles. The fourth-order valence-corrected chi connectivity index (χ4v) is 7.04. The van der Waals surface area contributed by atoms with Crippen LogP contribution in [0.3, 0.4) is 0 Å². The van der Waals surface area contributed by atoms with E-state index in [9.17, 15) is 18.8 Å². The predicted molar refractivity (Wildman–Crippen MR) is 165 cm³/mol. The van der Waals surface area contributed by atoms with Gasteiger partial charge in [-0.1, -0.05) is 49.2 Å². The molecular weight excluding hydrogens is 592 g/mol. The quantitative estimate of drug-likeness (QED) is 0.306. The molecule has 43 heavy (non-hydrogen) atoms. The lowest BCUT2D eigenvalue weighted by atomic mass is 9.59. The molecule has 10 heteroatoms. The number of ether oxygens (including phenoxy) is 1. The summed E-state index contributed by atoms with van der Waals surface area (Å²) < 4.78 is 21.4. The Bertz CT molecular complexity index is 1620. The first kappa shape index (κ1) is 30.8. The van der Waals surface area contributed by atoms with Gasteiger partial charge in [0.1, 0.15) is 17.0 Å². The van der Waals surface area contributed by atoms with E-state index in [0.717, 1.165) is 0 Å². The van der Waals surface area contributed by atoms with Crippen molar-refractivity contribution in [1.82, 2.24) is 10.2 Å². The van der Waals surface area contributed by atoms with Crippen molar-refractivity contribution in [1.29, 1.82) is 0 Å². The van der Waals surface area contributed by atoms with Crippen LogP contribution in [0, 0.1) is 12.7 Å². The zero-order chi connectivity index (χ0) is 31.3. The second-order valence-electron chi connectivity index (χ2n) is 11.5. The maximum Gasteiger partial charge on any atom is 0.266 e. The monoisotopic (exact) mass is 625 g/mol. The first-order chi connectivity index (χ1) is 20.4. The summed E-state index contributed by atoms with van der Waals surface area (Å²) in [5.74, 6) is -1.88. The zero-order valence-electron chi connectivity index (χ0n) is 24.7. The number of likely N-dealkylation sites (N-methyl/N-ethyl adjacent to an activating group) is 1. The lowest BCUT2D eigenvalue weighted by Gasteiger charge is -2.47. The van der Waals surface area contributed by atoms with Crippen LogP contribution < -0.4 is 15.4 Å². The van der Waals surface area contributed by atoms with Crippen molar-refractivity contribution in [2.24, 2.45) is 0 Å². The Labute approximate surface area is 260 Å². The molecule has 3 amide bonds. The molecule has 0 bridgehead atoms. The Hall–Kier alpha value is -3.62. The van der Waals surface area contributed by atoms with Crippen LogP contribution in [0.1, 0.15) is 67.3 Å². The van der Waals surface area contributed by atoms with Crippen molar-refractivity contribution in [2.45, 2.75) is 63.0 Å². The van der Waals surface area contributed by atoms with Gasteiger partial charge >= 0.3 is 0 Å². The van der Waals surface area contributed by atoms with Gasteiger partial charge in [-0.2, -0.15) is 0 Å². The smallest absolute Gasteiger partial charge is 0.266 e. The minimum Gasteiger partial charge on any atom is -0.477 e. The number of aryl methyl sites for hydroxylation is 1. The summed E-state index contributed by atoms with van der Waals surface area (Å²) in [5, 5.41) is 6.80. The summed E-state index contributed by atoms with van der Waals surface area (Å²) in [6.45, 7) is 5.57. The van der Waals surface area contributed by atoms with E-state index < -0.39 is 28.8 Å². The SMILES string of the molecule is CCC(CC)(Oc1ccc(Cl)cc1[C@H]1CC(=O)N[C@@H](c2cc(F)ccc2C)C12C(=O)Nc1cc(Cl)ccc12)C(=O)N(C)C. The van der Waals surface area contributed by atoms with Crippen LogP contribution in [-0.2, 0) is 19.8 Å². The molecule has 3 aromatic rings. The number of halogens is 3. The third-order valence-electron chi connectivity index (χ3n) is 8.89. The highest BCUT2D eigenvalue weighted by molar-refractivity contribution is 6.31. The molecule has 3 atom stereocenters. The molecule has 1 spiro atoms. The van der Waals surface area contributed by atoms with E-state index in [-0.39, 0.29) is 24.1 Å². The fraction of sp³-hybridized carbons (Fsp3) is 0.364. The Morgan fingerprint density at radius 2 is 1.70 bits per heavy atom. The van der Waals surface area contributed by atoms with Crippen molar-refractivity contribution in [3.8, 4) is 5.75 Å². The summed E-state index contributed by atoms with van der Waals surface area (Å²) in [6, 6.07) is 13.5. The summed E-state index contributed by atoms with van der Waals surface area (Å²) in [7, 11) is 3.34. The number of anilines is 1. The minimum atomic E-state index is -1.44. The molecule has 1 unspecified atom stereocenters. The normalized spacial score (nSPS) is 21.3. The van der Waals surface area contributed by atoms with Gasteiger partial charge in [0.25, 0.3) is 5.91 Å². The van der Waals surface area contributed by atoms with Gasteiger partial charge in [0.15, 0.2) is 5.60 Å². The molecule has 7 nitrogen and oxygen atoms in total. The van der Waals surface area contributed by atoms with Gasteiger partial charge in [0.05, 0.1) is 6.04 Å². The number of amides is 3. The highest BCUT2D eigenvalue weighted by atomic mass is 35.5. The van der Waals surface area contributed by atoms with Gasteiger partial charge in [-0.05, 0) is 78.9 Å². The van der Waals surface area contributed by atoms with Crippen LogP contribution in [0.2, 0.25) is 10.0 Å². The van der Waals surface area contributed by atoms with Crippen molar-refractivity contribution in [3.63, 3.8) is 0 Å². The number of nitrogens with zero attached hydrogens (tertiary/aromatic N) is 1. The Kier molecular flexibility index (Phi) is 8.22. The standard InChI is InChI=1S/C33H34Cl2FN3O4/c1-6-32(7-2,31(42)39(4)5)43-27-13-10-19(34)14-23(27)25-17-28(40)38-29(22-16-21(36)11-8-18(22)3)33(25)24-12-9-20(35)15-26(24)37-30(33)41/h8-16,25,29H,6-7,17H2,1-5H3,(H,37,41)(H,38,40)/t25-,29+,33?/m1/s1. The highest BCUT2D eigenvalue weighted by Crippen LogP contribution is 2.59. The number of carbonyl (C=O) groups is 3. The summed E-state index contributed by atoms with van der Waals surface area (Å²) >= 11 is 12.9. The lowest BCUT2D eigenvalue weighted by Crippen LogP contribution is -2.57. The molecular formula is C33H34Cl2FN3O4. The Balaban J connectivity index is 1.80. The first-order valence-electron chi connectivity index (χ1n) is 14.2. The molecule has 1 fully saturated rings. The average molecular weight is 627 g/mol. The van der Waals surface area contributed by atoms with Gasteiger partial charge in [-0.15, -0.1) is 0 Å². The van der Waals surface area contributed by atoms with E-state index in [1.807, 2.05) is 20.8 Å². The van der Waals surface area contributed by atoms with E-state index >= 15 is 0 Å². The molecule has 0 saturated carbocycles. The summed E-state index contributed by atoms with van der Waals surface area (Å²) in [6.07, 6.45) is 0.668. The van der Waals surface area contributed by atoms with Gasteiger partial charge in [-0.25, -0.2) is 4.39 Å². The number of carbonyl (C=O) groups excluding carboxylic acids is 3. The van der Waals surface area contributed by atoms with Gasteiger partial charge in [0.2, 0.25) is 11.8 Å². The van der Waals surface area contributed by atoms with Crippen LogP contribution in [-0.4, -0.2) is 42.3 Å². The second-order valence-corrected chi connectivity index (χ2v) is 12.3. The number of nitrogens with one attached hydrogen (secondary N) is 2. The number of rotatable bonds is 7. The minimum absolute atomic E-state index is 0.0933. The number of hydrogen-bond donors (Lipinski definition) is 2. The van der Waals surface area contributed by atoms with Crippen LogP contribution in [0.25, 0.3) is 0 Å². The van der Waals surface area contributed by atoms with Gasteiger partial charge in [-0.3, -0.25) is 14.4 Å². The fourth-order valence-electron chi connectivity index (χ4n) is 6.69.